The van der Waals surface area contributed by atoms with E-state index in [4.69, 9.17) is 21.1 Å². The number of benzene rings is 2. The summed E-state index contributed by atoms with van der Waals surface area (Å²) in [7, 11) is 2.01. The number of carbonyl (C=O) groups excluding carboxylic acids is 2. The quantitative estimate of drug-likeness (QED) is 0.221. The first-order valence-corrected chi connectivity index (χ1v) is 15.4. The number of esters is 1. The van der Waals surface area contributed by atoms with E-state index in [0.717, 1.165) is 45.2 Å². The van der Waals surface area contributed by atoms with Gasteiger partial charge in [-0.3, -0.25) is 19.4 Å². The van der Waals surface area contributed by atoms with E-state index in [1.165, 1.54) is 18.5 Å². The molecule has 10 nitrogen and oxygen atoms in total. The molecule has 6 rings (SSSR count). The van der Waals surface area contributed by atoms with Gasteiger partial charge in [0.1, 0.15) is 29.8 Å². The first kappa shape index (κ1) is 30.2. The number of likely N-dealkylation sites (N-methyl/N-ethyl adjacent to an activating group) is 1. The molecule has 1 atom stereocenters. The number of halogens is 2. The van der Waals surface area contributed by atoms with E-state index in [0.29, 0.717) is 65.6 Å². The van der Waals surface area contributed by atoms with Gasteiger partial charge in [0.15, 0.2) is 0 Å². The standard InChI is InChI=1S/C32H36ClFN6O4/c1-39(28-10-14-43-32(28)42)22-8-12-40(13-9-22)11-2-3-30(41)38-27-16-23-26(17-29(27)44-18-20-4-5-20)35-19-36-31(23)37-21-6-7-25(34)24(33)15-21/h2-3,6-7,15-17,19-20,22,28H,4-5,8-14,18H2,1H3,(H,38,41)(H,35,36,37). The summed E-state index contributed by atoms with van der Waals surface area (Å²) in [6, 6.07) is 8.14. The highest BCUT2D eigenvalue weighted by atomic mass is 35.5. The number of carbonyl (C=O) groups is 2. The molecular weight excluding hydrogens is 587 g/mol. The lowest BCUT2D eigenvalue weighted by molar-refractivity contribution is -0.142. The van der Waals surface area contributed by atoms with E-state index >= 15 is 0 Å². The Morgan fingerprint density at radius 3 is 2.73 bits per heavy atom. The summed E-state index contributed by atoms with van der Waals surface area (Å²) >= 11 is 5.97. The van der Waals surface area contributed by atoms with Gasteiger partial charge in [0.05, 0.1) is 29.4 Å². The van der Waals surface area contributed by atoms with Crippen LogP contribution in [0.1, 0.15) is 32.1 Å². The van der Waals surface area contributed by atoms with Gasteiger partial charge >= 0.3 is 5.97 Å². The zero-order valence-electron chi connectivity index (χ0n) is 24.6. The molecule has 3 aliphatic rings. The van der Waals surface area contributed by atoms with Crippen LogP contribution in [0, 0.1) is 11.7 Å². The lowest BCUT2D eigenvalue weighted by Gasteiger charge is -2.37. The van der Waals surface area contributed by atoms with Crippen LogP contribution in [0.5, 0.6) is 5.75 Å². The van der Waals surface area contributed by atoms with Crippen molar-refractivity contribution in [2.45, 2.75) is 44.2 Å². The van der Waals surface area contributed by atoms with Gasteiger partial charge in [-0.25, -0.2) is 14.4 Å². The van der Waals surface area contributed by atoms with Crippen molar-refractivity contribution in [3.63, 3.8) is 0 Å². The molecule has 232 valence electrons. The second-order valence-electron chi connectivity index (χ2n) is 11.7. The Bertz CT molecular complexity index is 1560. The molecule has 0 bridgehead atoms. The number of fused-ring (bicyclic) bond motifs is 1. The van der Waals surface area contributed by atoms with Crippen LogP contribution in [0.15, 0.2) is 48.8 Å². The number of ether oxygens (including phenoxy) is 2. The van der Waals surface area contributed by atoms with Crippen LogP contribution < -0.4 is 15.4 Å². The molecule has 1 amide bonds. The number of aromatic nitrogens is 2. The molecule has 44 heavy (non-hydrogen) atoms. The van der Waals surface area contributed by atoms with Crippen LogP contribution in [0.4, 0.5) is 21.6 Å². The smallest absolute Gasteiger partial charge is 0.323 e. The largest absolute Gasteiger partial charge is 0.491 e. The molecular formula is C32H36ClFN6O4. The SMILES string of the molecule is CN(C1CCN(CC=CC(=O)Nc2cc3c(Nc4ccc(F)c(Cl)c4)ncnc3cc2OCC2CC2)CC1)C1CCOC1=O. The summed E-state index contributed by atoms with van der Waals surface area (Å²) in [6.45, 7) is 3.51. The summed E-state index contributed by atoms with van der Waals surface area (Å²) in [5.41, 5.74) is 1.71. The number of anilines is 3. The fraction of sp³-hybridized carbons (Fsp3) is 0.438. The van der Waals surface area contributed by atoms with Gasteiger partial charge in [-0.05, 0) is 76.0 Å². The number of cyclic esters (lactones) is 1. The fourth-order valence-corrected chi connectivity index (χ4v) is 5.89. The number of amides is 1. The highest BCUT2D eigenvalue weighted by molar-refractivity contribution is 6.31. The van der Waals surface area contributed by atoms with Gasteiger partial charge < -0.3 is 20.1 Å². The number of rotatable bonds is 11. The molecule has 2 saturated heterocycles. The third-order valence-corrected chi connectivity index (χ3v) is 8.80. The minimum atomic E-state index is -0.509. The Kier molecular flexibility index (Phi) is 9.25. The van der Waals surface area contributed by atoms with Crippen LogP contribution in [-0.4, -0.2) is 83.6 Å². The molecule has 3 aromatic rings. The summed E-state index contributed by atoms with van der Waals surface area (Å²) < 4.78 is 24.9. The van der Waals surface area contributed by atoms with Gasteiger partial charge in [0.25, 0.3) is 0 Å². The third-order valence-electron chi connectivity index (χ3n) is 8.51. The number of hydrogen-bond acceptors (Lipinski definition) is 9. The lowest BCUT2D eigenvalue weighted by atomic mass is 10.0. The maximum absolute atomic E-state index is 13.7. The molecule has 12 heteroatoms. The first-order chi connectivity index (χ1) is 21.3. The first-order valence-electron chi connectivity index (χ1n) is 15.1. The topological polar surface area (TPSA) is 109 Å². The molecule has 3 fully saturated rings. The Balaban J connectivity index is 1.11. The Morgan fingerprint density at radius 2 is 2.00 bits per heavy atom. The Hall–Kier alpha value is -3.80. The van der Waals surface area contributed by atoms with Crippen molar-refractivity contribution in [2.75, 3.05) is 50.5 Å². The minimum Gasteiger partial charge on any atom is -0.491 e. The molecule has 2 aromatic carbocycles. The van der Waals surface area contributed by atoms with E-state index in [2.05, 4.69) is 30.4 Å². The van der Waals surface area contributed by atoms with Crippen LogP contribution in [0.25, 0.3) is 10.9 Å². The monoisotopic (exact) mass is 622 g/mol. The van der Waals surface area contributed by atoms with Gasteiger partial charge in [-0.2, -0.15) is 0 Å². The van der Waals surface area contributed by atoms with E-state index in [9.17, 15) is 14.0 Å². The maximum Gasteiger partial charge on any atom is 0.323 e. The minimum absolute atomic E-state index is 0.00349. The van der Waals surface area contributed by atoms with E-state index < -0.39 is 5.82 Å². The van der Waals surface area contributed by atoms with Crippen molar-refractivity contribution >= 4 is 51.6 Å². The van der Waals surface area contributed by atoms with Crippen molar-refractivity contribution in [3.05, 3.63) is 59.7 Å². The number of hydrogen-bond donors (Lipinski definition) is 2. The average molecular weight is 623 g/mol. The molecule has 1 aromatic heterocycles. The summed E-state index contributed by atoms with van der Waals surface area (Å²) in [5.74, 6) is 0.649. The Labute approximate surface area is 260 Å². The van der Waals surface area contributed by atoms with Gasteiger partial charge in [0, 0.05) is 42.2 Å². The van der Waals surface area contributed by atoms with Crippen molar-refractivity contribution < 1.29 is 23.5 Å². The van der Waals surface area contributed by atoms with Gasteiger partial charge in [-0.15, -0.1) is 0 Å². The molecule has 3 heterocycles. The molecule has 1 unspecified atom stereocenters. The molecule has 0 spiro atoms. The van der Waals surface area contributed by atoms with Gasteiger partial charge in [-0.1, -0.05) is 17.7 Å². The highest BCUT2D eigenvalue weighted by Crippen LogP contribution is 2.36. The van der Waals surface area contributed by atoms with Crippen LogP contribution in [0.3, 0.4) is 0 Å². The molecule has 0 radical (unpaired) electrons. The molecule has 1 saturated carbocycles. The van der Waals surface area contributed by atoms with E-state index in [1.807, 2.05) is 13.1 Å². The molecule has 2 N–H and O–H groups in total. The molecule has 1 aliphatic carbocycles. The second-order valence-corrected chi connectivity index (χ2v) is 12.1. The molecule has 2 aliphatic heterocycles. The van der Waals surface area contributed by atoms with E-state index in [-0.39, 0.29) is 22.9 Å². The normalized spacial score (nSPS) is 19.5. The van der Waals surface area contributed by atoms with Crippen LogP contribution in [0.2, 0.25) is 5.02 Å². The number of nitrogens with one attached hydrogen (secondary N) is 2. The maximum atomic E-state index is 13.7. The van der Waals surface area contributed by atoms with Crippen LogP contribution >= 0.6 is 11.6 Å². The summed E-state index contributed by atoms with van der Waals surface area (Å²) in [4.78, 5) is 38.3. The summed E-state index contributed by atoms with van der Waals surface area (Å²) in [6.07, 6.45) is 9.79. The zero-order chi connectivity index (χ0) is 30.6. The Morgan fingerprint density at radius 1 is 1.18 bits per heavy atom. The van der Waals surface area contributed by atoms with Crippen molar-refractivity contribution in [2.24, 2.45) is 5.92 Å². The predicted molar refractivity (Wildman–Crippen MR) is 167 cm³/mol. The van der Waals surface area contributed by atoms with E-state index in [1.54, 1.807) is 24.3 Å². The fourth-order valence-electron chi connectivity index (χ4n) is 5.71. The lowest BCUT2D eigenvalue weighted by Crippen LogP contribution is -2.48. The van der Waals surface area contributed by atoms with Gasteiger partial charge in [0.2, 0.25) is 5.91 Å². The van der Waals surface area contributed by atoms with Crippen molar-refractivity contribution in [1.82, 2.24) is 19.8 Å². The second kappa shape index (κ2) is 13.5. The van der Waals surface area contributed by atoms with Crippen LogP contribution in [-0.2, 0) is 14.3 Å². The highest BCUT2D eigenvalue weighted by Gasteiger charge is 2.35. The summed E-state index contributed by atoms with van der Waals surface area (Å²) in [5, 5.41) is 6.80. The number of piperidine rings is 1. The number of nitrogens with zero attached hydrogens (tertiary/aromatic N) is 4. The van der Waals surface area contributed by atoms with Crippen molar-refractivity contribution in [3.8, 4) is 5.75 Å². The average Bonchev–Trinajstić information content (AvgIpc) is 3.75. The zero-order valence-corrected chi connectivity index (χ0v) is 25.4. The van der Waals surface area contributed by atoms with Crippen molar-refractivity contribution in [1.29, 1.82) is 0 Å². The third kappa shape index (κ3) is 7.28. The number of likely N-dealkylation sites (tertiary alicyclic amines) is 1. The predicted octanol–water partition coefficient (Wildman–Crippen LogP) is 5.16.